The Kier molecular flexibility index (Phi) is 8.75. The molecule has 1 aromatic heterocycles. The van der Waals surface area contributed by atoms with Gasteiger partial charge in [-0.1, -0.05) is 30.3 Å². The molecule has 0 unspecified atom stereocenters. The van der Waals surface area contributed by atoms with E-state index in [1.54, 1.807) is 18.2 Å². The molecule has 0 aliphatic heterocycles. The third-order valence-corrected chi connectivity index (χ3v) is 6.72. The molecule has 5 rings (SSSR count). The molecule has 5 aromatic rings. The van der Waals surface area contributed by atoms with Crippen molar-refractivity contribution in [3.05, 3.63) is 102 Å². The van der Waals surface area contributed by atoms with E-state index >= 15 is 0 Å². The number of carbonyl (C=O) groups excluding carboxylic acids is 2. The minimum absolute atomic E-state index is 0.158. The fourth-order valence-electron chi connectivity index (χ4n) is 4.67. The van der Waals surface area contributed by atoms with Crippen molar-refractivity contribution >= 4 is 29.0 Å². The van der Waals surface area contributed by atoms with Crippen molar-refractivity contribution < 1.29 is 37.7 Å². The van der Waals surface area contributed by atoms with E-state index in [9.17, 15) is 14.0 Å². The second-order valence-electron chi connectivity index (χ2n) is 9.34. The lowest BCUT2D eigenvalue weighted by Crippen LogP contribution is -2.18. The van der Waals surface area contributed by atoms with Gasteiger partial charge in [0.25, 0.3) is 5.91 Å². The summed E-state index contributed by atoms with van der Waals surface area (Å²) in [5, 5.41) is 4.66. The molecule has 2 N–H and O–H groups in total. The lowest BCUT2D eigenvalue weighted by atomic mass is 10.0. The molecule has 0 atom stereocenters. The second-order valence-corrected chi connectivity index (χ2v) is 9.34. The lowest BCUT2D eigenvalue weighted by molar-refractivity contribution is 0.0728. The number of nitrogens with one attached hydrogen (secondary N) is 2. The molecule has 44 heavy (non-hydrogen) atoms. The van der Waals surface area contributed by atoms with Gasteiger partial charge in [0.2, 0.25) is 5.75 Å². The van der Waals surface area contributed by atoms with Gasteiger partial charge in [0.1, 0.15) is 11.5 Å². The molecule has 0 aliphatic carbocycles. The van der Waals surface area contributed by atoms with Crippen molar-refractivity contribution in [2.24, 2.45) is 5.10 Å². The Balaban J connectivity index is 1.34. The van der Waals surface area contributed by atoms with Crippen LogP contribution in [-0.2, 0) is 0 Å². The third-order valence-electron chi connectivity index (χ3n) is 6.72. The van der Waals surface area contributed by atoms with E-state index in [1.165, 1.54) is 65.0 Å². The number of hydrazone groups is 1. The number of fused-ring (bicyclic) bond motifs is 1. The number of carbonyl (C=O) groups is 2. The summed E-state index contributed by atoms with van der Waals surface area (Å²) in [7, 11) is 5.79. The Hall–Kier alpha value is -5.84. The lowest BCUT2D eigenvalue weighted by Gasteiger charge is -2.14. The van der Waals surface area contributed by atoms with Crippen LogP contribution in [0, 0.1) is 5.82 Å². The number of benzene rings is 4. The molecule has 224 valence electrons. The maximum absolute atomic E-state index is 14.1. The molecule has 1 amide bonds. The van der Waals surface area contributed by atoms with Crippen LogP contribution >= 0.6 is 0 Å². The first-order valence-electron chi connectivity index (χ1n) is 13.3. The molecule has 0 spiro atoms. The number of hydrogen-bond acceptors (Lipinski definition) is 8. The summed E-state index contributed by atoms with van der Waals surface area (Å²) in [5.41, 5.74) is 5.40. The number of aromatic amines is 1. The van der Waals surface area contributed by atoms with Crippen LogP contribution in [0.15, 0.2) is 84.0 Å². The molecule has 1 heterocycles. The van der Waals surface area contributed by atoms with Crippen molar-refractivity contribution in [1.82, 2.24) is 10.4 Å². The van der Waals surface area contributed by atoms with Crippen molar-refractivity contribution in [2.75, 3.05) is 28.4 Å². The van der Waals surface area contributed by atoms with Gasteiger partial charge in [-0.3, -0.25) is 4.79 Å². The number of rotatable bonds is 10. The molecule has 0 saturated heterocycles. The van der Waals surface area contributed by atoms with E-state index in [2.05, 4.69) is 15.5 Å². The van der Waals surface area contributed by atoms with E-state index in [0.717, 1.165) is 5.56 Å². The number of methoxy groups -OCH3 is 4. The molecular weight excluding hydrogens is 569 g/mol. The summed E-state index contributed by atoms with van der Waals surface area (Å²) in [6.07, 6.45) is 1.41. The van der Waals surface area contributed by atoms with E-state index in [4.69, 9.17) is 23.7 Å². The fourth-order valence-corrected chi connectivity index (χ4v) is 4.67. The van der Waals surface area contributed by atoms with E-state index < -0.39 is 17.7 Å². The first kappa shape index (κ1) is 29.6. The fraction of sp³-hybridized carbons (Fsp3) is 0.121. The van der Waals surface area contributed by atoms with Gasteiger partial charge in [0.05, 0.1) is 40.2 Å². The van der Waals surface area contributed by atoms with Gasteiger partial charge in [-0.2, -0.15) is 5.10 Å². The summed E-state index contributed by atoms with van der Waals surface area (Å²) >= 11 is 0. The van der Waals surface area contributed by atoms with Crippen LogP contribution in [0.3, 0.4) is 0 Å². The maximum atomic E-state index is 14.1. The van der Waals surface area contributed by atoms with Crippen molar-refractivity contribution in [1.29, 1.82) is 0 Å². The first-order chi connectivity index (χ1) is 21.4. The Bertz CT molecular complexity index is 1840. The maximum Gasteiger partial charge on any atom is 0.343 e. The summed E-state index contributed by atoms with van der Waals surface area (Å²) < 4.78 is 41.0. The second kappa shape index (κ2) is 13.0. The summed E-state index contributed by atoms with van der Waals surface area (Å²) in [6, 6.07) is 21.2. The van der Waals surface area contributed by atoms with Gasteiger partial charge in [0.15, 0.2) is 23.0 Å². The predicted molar refractivity (Wildman–Crippen MR) is 163 cm³/mol. The molecule has 0 radical (unpaired) electrons. The van der Waals surface area contributed by atoms with Crippen LogP contribution in [0.5, 0.6) is 28.7 Å². The van der Waals surface area contributed by atoms with Gasteiger partial charge in [-0.15, -0.1) is 0 Å². The minimum atomic E-state index is -0.677. The molecule has 0 aliphatic rings. The third kappa shape index (κ3) is 6.02. The predicted octanol–water partition coefficient (Wildman–Crippen LogP) is 5.99. The Morgan fingerprint density at radius 2 is 1.50 bits per heavy atom. The number of esters is 1. The van der Waals surface area contributed by atoms with Crippen LogP contribution < -0.4 is 29.1 Å². The monoisotopic (exact) mass is 597 g/mol. The number of amides is 1. The number of halogens is 1. The number of nitrogens with zero attached hydrogens (tertiary/aromatic N) is 1. The summed E-state index contributed by atoms with van der Waals surface area (Å²) in [6.45, 7) is 0. The van der Waals surface area contributed by atoms with Crippen LogP contribution in [0.1, 0.15) is 26.4 Å². The van der Waals surface area contributed by atoms with Crippen LogP contribution in [0.2, 0.25) is 0 Å². The Labute approximate surface area is 252 Å². The molecule has 4 aromatic carbocycles. The molecule has 10 nitrogen and oxygen atoms in total. The number of aromatic nitrogens is 1. The minimum Gasteiger partial charge on any atom is -0.493 e. The normalized spacial score (nSPS) is 10.9. The van der Waals surface area contributed by atoms with E-state index in [-0.39, 0.29) is 22.8 Å². The zero-order chi connectivity index (χ0) is 31.2. The molecule has 0 bridgehead atoms. The smallest absolute Gasteiger partial charge is 0.343 e. The summed E-state index contributed by atoms with van der Waals surface area (Å²) in [5.74, 6) is -0.247. The van der Waals surface area contributed by atoms with Gasteiger partial charge >= 0.3 is 5.97 Å². The highest BCUT2D eigenvalue weighted by Gasteiger charge is 2.21. The first-order valence-corrected chi connectivity index (χ1v) is 13.3. The topological polar surface area (TPSA) is 120 Å². The Morgan fingerprint density at radius 3 is 2.16 bits per heavy atom. The van der Waals surface area contributed by atoms with Crippen LogP contribution in [0.4, 0.5) is 4.39 Å². The van der Waals surface area contributed by atoms with Gasteiger partial charge in [-0.05, 0) is 59.7 Å². The molecule has 11 heteroatoms. The summed E-state index contributed by atoms with van der Waals surface area (Å²) in [4.78, 5) is 29.2. The zero-order valence-corrected chi connectivity index (χ0v) is 24.3. The Morgan fingerprint density at radius 1 is 0.795 bits per heavy atom. The number of ether oxygens (including phenoxy) is 5. The van der Waals surface area contributed by atoms with Crippen molar-refractivity contribution in [3.8, 4) is 39.9 Å². The van der Waals surface area contributed by atoms with Crippen LogP contribution in [0.25, 0.3) is 22.0 Å². The average molecular weight is 598 g/mol. The van der Waals surface area contributed by atoms with Gasteiger partial charge in [-0.25, -0.2) is 14.6 Å². The highest BCUT2D eigenvalue weighted by Crippen LogP contribution is 2.39. The highest BCUT2D eigenvalue weighted by atomic mass is 19.1. The number of H-pyrrole nitrogens is 1. The van der Waals surface area contributed by atoms with Crippen LogP contribution in [-0.4, -0.2) is 51.5 Å². The van der Waals surface area contributed by atoms with Crippen molar-refractivity contribution in [2.45, 2.75) is 0 Å². The van der Waals surface area contributed by atoms with Gasteiger partial charge < -0.3 is 28.7 Å². The van der Waals surface area contributed by atoms with E-state index in [0.29, 0.717) is 39.3 Å². The highest BCUT2D eigenvalue weighted by molar-refractivity contribution is 6.09. The zero-order valence-electron chi connectivity index (χ0n) is 24.3. The largest absolute Gasteiger partial charge is 0.493 e. The van der Waals surface area contributed by atoms with Crippen molar-refractivity contribution in [3.63, 3.8) is 0 Å². The molecule has 0 saturated carbocycles. The molecule has 0 fully saturated rings. The standard InChI is InChI=1S/C33H28FN3O7/c1-40-26-14-19(10-13-25(26)44-33(39)21-15-27(41-2)31(43-4)28(16-21)42-3)18-35-37-32(38)30-29(20-8-6-5-7-9-20)23-17-22(34)11-12-24(23)36-30/h5-18,36H,1-4H3,(H,37,38). The SMILES string of the molecule is COc1cc(C=NNC(=O)c2[nH]c3ccc(F)cc3c2-c2ccccc2)ccc1OC(=O)c1cc(OC)c(OC)c(OC)c1. The van der Waals surface area contributed by atoms with E-state index in [1.807, 2.05) is 30.3 Å². The number of hydrogen-bond donors (Lipinski definition) is 2. The quantitative estimate of drug-likeness (QED) is 0.0878. The van der Waals surface area contributed by atoms with Gasteiger partial charge in [0, 0.05) is 16.5 Å². The average Bonchev–Trinajstić information content (AvgIpc) is 3.43. The molecular formula is C33H28FN3O7.